The highest BCUT2D eigenvalue weighted by Gasteiger charge is 2.07. The van der Waals surface area contributed by atoms with E-state index >= 15 is 0 Å². The maximum Gasteiger partial charge on any atom is 0.221 e. The van der Waals surface area contributed by atoms with Crippen LogP contribution in [0.15, 0.2) is 53.5 Å². The van der Waals surface area contributed by atoms with Crippen molar-refractivity contribution in [3.8, 4) is 5.75 Å². The summed E-state index contributed by atoms with van der Waals surface area (Å²) in [4.78, 5) is 17.2. The molecule has 0 saturated carbocycles. The molecule has 0 aliphatic rings. The number of amides is 1. The van der Waals surface area contributed by atoms with Gasteiger partial charge in [0.05, 0.1) is 6.54 Å². The summed E-state index contributed by atoms with van der Waals surface area (Å²) in [6.45, 7) is 2.97. The van der Waals surface area contributed by atoms with Gasteiger partial charge in [-0.1, -0.05) is 18.2 Å². The Balaban J connectivity index is 1.80. The molecule has 2 N–H and O–H groups in total. The van der Waals surface area contributed by atoms with Crippen molar-refractivity contribution in [1.29, 1.82) is 0 Å². The number of carbonyl (C=O) groups is 1. The van der Waals surface area contributed by atoms with Gasteiger partial charge < -0.3 is 20.3 Å². The van der Waals surface area contributed by atoms with Crippen molar-refractivity contribution in [2.24, 2.45) is 4.99 Å². The van der Waals surface area contributed by atoms with Crippen LogP contribution in [0.5, 0.6) is 5.75 Å². The average Bonchev–Trinajstić information content (AvgIpc) is 2.61. The molecule has 0 unspecified atom stereocenters. The number of aliphatic imine (C=N–C) groups is 1. The standard InChI is InChI=1S/C20H25FN4O2/c1-15(26)24-18-8-5-9-19(13-18)27-11-10-23-20(22-2)25(3)14-16-6-4-7-17(21)12-16/h4-9,12-13H,10-11,14H2,1-3H3,(H,22,23)(H,24,26). The minimum Gasteiger partial charge on any atom is -0.492 e. The Morgan fingerprint density at radius 2 is 2.00 bits per heavy atom. The van der Waals surface area contributed by atoms with E-state index in [0.717, 1.165) is 5.56 Å². The van der Waals surface area contributed by atoms with E-state index in [1.54, 1.807) is 25.2 Å². The number of anilines is 1. The third-order valence-corrected chi connectivity index (χ3v) is 3.69. The fourth-order valence-electron chi connectivity index (χ4n) is 2.57. The van der Waals surface area contributed by atoms with Crippen LogP contribution < -0.4 is 15.4 Å². The zero-order chi connectivity index (χ0) is 19.6. The van der Waals surface area contributed by atoms with Gasteiger partial charge in [-0.15, -0.1) is 0 Å². The molecule has 7 heteroatoms. The third-order valence-electron chi connectivity index (χ3n) is 3.69. The molecule has 0 atom stereocenters. The van der Waals surface area contributed by atoms with Gasteiger partial charge in [-0.3, -0.25) is 9.79 Å². The minimum atomic E-state index is -0.251. The maximum atomic E-state index is 13.3. The van der Waals surface area contributed by atoms with Crippen LogP contribution in [0.4, 0.5) is 10.1 Å². The van der Waals surface area contributed by atoms with E-state index in [-0.39, 0.29) is 11.7 Å². The van der Waals surface area contributed by atoms with Crippen LogP contribution in [0.2, 0.25) is 0 Å². The van der Waals surface area contributed by atoms with Crippen LogP contribution in [0.1, 0.15) is 12.5 Å². The Kier molecular flexibility index (Phi) is 7.61. The summed E-state index contributed by atoms with van der Waals surface area (Å²) >= 11 is 0. The van der Waals surface area contributed by atoms with Crippen molar-refractivity contribution in [3.05, 3.63) is 59.9 Å². The van der Waals surface area contributed by atoms with Gasteiger partial charge in [-0.05, 0) is 29.8 Å². The smallest absolute Gasteiger partial charge is 0.221 e. The normalized spacial score (nSPS) is 11.0. The monoisotopic (exact) mass is 372 g/mol. The zero-order valence-corrected chi connectivity index (χ0v) is 15.8. The molecular formula is C20H25FN4O2. The fraction of sp³-hybridized carbons (Fsp3) is 0.300. The summed E-state index contributed by atoms with van der Waals surface area (Å²) in [5.41, 5.74) is 1.56. The number of hydrogen-bond acceptors (Lipinski definition) is 3. The first-order valence-corrected chi connectivity index (χ1v) is 8.64. The van der Waals surface area contributed by atoms with Gasteiger partial charge in [0.1, 0.15) is 18.2 Å². The summed E-state index contributed by atoms with van der Waals surface area (Å²) in [6, 6.07) is 13.7. The lowest BCUT2D eigenvalue weighted by molar-refractivity contribution is -0.114. The second kappa shape index (κ2) is 10.2. The molecule has 0 aliphatic carbocycles. The van der Waals surface area contributed by atoms with Crippen LogP contribution in [0.25, 0.3) is 0 Å². The Hall–Kier alpha value is -3.09. The first-order chi connectivity index (χ1) is 13.0. The van der Waals surface area contributed by atoms with Gasteiger partial charge in [0.15, 0.2) is 5.96 Å². The van der Waals surface area contributed by atoms with E-state index in [1.807, 2.05) is 30.1 Å². The summed E-state index contributed by atoms with van der Waals surface area (Å²) in [7, 11) is 3.58. The molecule has 0 heterocycles. The Morgan fingerprint density at radius 1 is 1.22 bits per heavy atom. The van der Waals surface area contributed by atoms with E-state index in [1.165, 1.54) is 19.1 Å². The van der Waals surface area contributed by atoms with E-state index in [0.29, 0.717) is 37.1 Å². The lowest BCUT2D eigenvalue weighted by Gasteiger charge is -2.22. The van der Waals surface area contributed by atoms with Crippen LogP contribution in [0.3, 0.4) is 0 Å². The number of carbonyl (C=O) groups excluding carboxylic acids is 1. The highest BCUT2D eigenvalue weighted by molar-refractivity contribution is 5.88. The van der Waals surface area contributed by atoms with Crippen LogP contribution in [-0.4, -0.2) is 44.0 Å². The molecule has 0 bridgehead atoms. The lowest BCUT2D eigenvalue weighted by atomic mass is 10.2. The fourth-order valence-corrected chi connectivity index (χ4v) is 2.57. The van der Waals surface area contributed by atoms with E-state index in [4.69, 9.17) is 4.74 Å². The predicted octanol–water partition coefficient (Wildman–Crippen LogP) is 2.87. The number of benzene rings is 2. The molecule has 27 heavy (non-hydrogen) atoms. The maximum absolute atomic E-state index is 13.3. The van der Waals surface area contributed by atoms with Crippen molar-refractivity contribution in [2.75, 3.05) is 32.6 Å². The van der Waals surface area contributed by atoms with Gasteiger partial charge in [-0.2, -0.15) is 0 Å². The largest absolute Gasteiger partial charge is 0.492 e. The molecule has 0 fully saturated rings. The first-order valence-electron chi connectivity index (χ1n) is 8.64. The number of guanidine groups is 1. The van der Waals surface area contributed by atoms with Crippen LogP contribution in [0, 0.1) is 5.82 Å². The number of nitrogens with zero attached hydrogens (tertiary/aromatic N) is 2. The lowest BCUT2D eigenvalue weighted by Crippen LogP contribution is -2.40. The average molecular weight is 372 g/mol. The van der Waals surface area contributed by atoms with Gasteiger partial charge >= 0.3 is 0 Å². The highest BCUT2D eigenvalue weighted by atomic mass is 19.1. The first kappa shape index (κ1) is 20.2. The van der Waals surface area contributed by atoms with E-state index in [9.17, 15) is 9.18 Å². The summed E-state index contributed by atoms with van der Waals surface area (Å²) in [6.07, 6.45) is 0. The van der Waals surface area contributed by atoms with Gasteiger partial charge in [0.2, 0.25) is 5.91 Å². The van der Waals surface area contributed by atoms with Crippen molar-refractivity contribution in [1.82, 2.24) is 10.2 Å². The number of halogens is 1. The zero-order valence-electron chi connectivity index (χ0n) is 15.8. The number of nitrogens with one attached hydrogen (secondary N) is 2. The van der Waals surface area contributed by atoms with E-state index < -0.39 is 0 Å². The molecular weight excluding hydrogens is 347 g/mol. The highest BCUT2D eigenvalue weighted by Crippen LogP contribution is 2.17. The molecule has 2 aromatic rings. The van der Waals surface area contributed by atoms with Crippen LogP contribution >= 0.6 is 0 Å². The molecule has 0 radical (unpaired) electrons. The molecule has 0 saturated heterocycles. The molecule has 1 amide bonds. The summed E-state index contributed by atoms with van der Waals surface area (Å²) < 4.78 is 19.0. The molecule has 0 spiro atoms. The Bertz CT molecular complexity index is 795. The van der Waals surface area contributed by atoms with Crippen molar-refractivity contribution in [2.45, 2.75) is 13.5 Å². The van der Waals surface area contributed by atoms with Crippen molar-refractivity contribution in [3.63, 3.8) is 0 Å². The Morgan fingerprint density at radius 3 is 2.70 bits per heavy atom. The quantitative estimate of drug-likeness (QED) is 0.446. The Labute approximate surface area is 159 Å². The van der Waals surface area contributed by atoms with Gasteiger partial charge in [-0.25, -0.2) is 4.39 Å². The molecule has 2 rings (SSSR count). The number of ether oxygens (including phenoxy) is 1. The van der Waals surface area contributed by atoms with Gasteiger partial charge in [0, 0.05) is 39.3 Å². The second-order valence-corrected chi connectivity index (χ2v) is 6.02. The number of hydrogen-bond donors (Lipinski definition) is 2. The second-order valence-electron chi connectivity index (χ2n) is 6.02. The van der Waals surface area contributed by atoms with Gasteiger partial charge in [0.25, 0.3) is 0 Å². The minimum absolute atomic E-state index is 0.126. The molecule has 6 nitrogen and oxygen atoms in total. The van der Waals surface area contributed by atoms with Crippen molar-refractivity contribution < 1.29 is 13.9 Å². The summed E-state index contributed by atoms with van der Waals surface area (Å²) in [5, 5.41) is 5.93. The SMILES string of the molecule is CN=C(NCCOc1cccc(NC(C)=O)c1)N(C)Cc1cccc(F)c1. The van der Waals surface area contributed by atoms with Crippen molar-refractivity contribution >= 4 is 17.6 Å². The molecule has 144 valence electrons. The summed E-state index contributed by atoms with van der Waals surface area (Å²) in [5.74, 6) is 0.985. The van der Waals surface area contributed by atoms with Crippen LogP contribution in [-0.2, 0) is 11.3 Å². The molecule has 0 aromatic heterocycles. The van der Waals surface area contributed by atoms with E-state index in [2.05, 4.69) is 15.6 Å². The topological polar surface area (TPSA) is 66.0 Å². The number of rotatable bonds is 7. The molecule has 0 aliphatic heterocycles. The third kappa shape index (κ3) is 6.97. The predicted molar refractivity (Wildman–Crippen MR) is 105 cm³/mol. The molecule has 2 aromatic carbocycles.